The van der Waals surface area contributed by atoms with Gasteiger partial charge >= 0.3 is 6.03 Å². The molecule has 0 aromatic heterocycles. The number of nitrogens with one attached hydrogen (secondary N) is 1. The van der Waals surface area contributed by atoms with Crippen molar-refractivity contribution in [2.45, 2.75) is 43.9 Å². The Kier molecular flexibility index (Phi) is 5.48. The molecule has 8 heteroatoms. The number of rotatable bonds is 2. The molecular weight excluding hydrogens is 369 g/mol. The fraction of sp³-hybridized carbons (Fsp3) is 0.500. The van der Waals surface area contributed by atoms with Gasteiger partial charge in [-0.05, 0) is 38.0 Å². The smallest absolute Gasteiger partial charge is 0.308 e. The number of hydrogen-bond acceptors (Lipinski definition) is 3. The van der Waals surface area contributed by atoms with Crippen LogP contribution in [0.1, 0.15) is 27.7 Å². The van der Waals surface area contributed by atoms with Gasteiger partial charge in [0.05, 0.1) is 21.6 Å². The Balaban J connectivity index is 2.38. The van der Waals surface area contributed by atoms with Gasteiger partial charge in [0, 0.05) is 15.7 Å². The van der Waals surface area contributed by atoms with Crippen LogP contribution in [0.3, 0.4) is 0 Å². The maximum absolute atomic E-state index is 12.8. The number of urea groups is 1. The van der Waals surface area contributed by atoms with Gasteiger partial charge in [-0.2, -0.15) is 5.26 Å². The summed E-state index contributed by atoms with van der Waals surface area (Å²) >= 11 is 11.9. The molecule has 0 saturated carbocycles. The van der Waals surface area contributed by atoms with Crippen molar-refractivity contribution >= 4 is 45.7 Å². The van der Waals surface area contributed by atoms with E-state index in [2.05, 4.69) is 11.4 Å². The highest BCUT2D eigenvalue weighted by atomic mass is 35.5. The highest BCUT2D eigenvalue weighted by molar-refractivity contribution is 7.87. The van der Waals surface area contributed by atoms with Crippen molar-refractivity contribution in [3.63, 3.8) is 0 Å². The second-order valence-electron chi connectivity index (χ2n) is 6.56. The summed E-state index contributed by atoms with van der Waals surface area (Å²) in [7, 11) is -1.36. The predicted molar refractivity (Wildman–Crippen MR) is 97.6 cm³/mol. The fourth-order valence-electron chi connectivity index (χ4n) is 2.84. The molecule has 3 atom stereocenters. The van der Waals surface area contributed by atoms with Crippen LogP contribution in [0.4, 0.5) is 10.5 Å². The van der Waals surface area contributed by atoms with E-state index in [1.165, 1.54) is 4.90 Å². The Labute approximate surface area is 154 Å². The van der Waals surface area contributed by atoms with E-state index in [9.17, 15) is 14.3 Å². The van der Waals surface area contributed by atoms with E-state index in [0.717, 1.165) is 0 Å². The molecule has 0 radical (unpaired) electrons. The number of hydrogen-bond donors (Lipinski definition) is 1. The number of benzene rings is 1. The zero-order valence-corrected chi connectivity index (χ0v) is 16.2. The number of amides is 2. The Bertz CT molecular complexity index is 710. The summed E-state index contributed by atoms with van der Waals surface area (Å²) in [5.41, 5.74) is 0.423. The molecule has 1 aromatic rings. The molecule has 1 N–H and O–H groups in total. The summed E-state index contributed by atoms with van der Waals surface area (Å²) < 4.78 is 12.0. The van der Waals surface area contributed by atoms with Gasteiger partial charge in [0.15, 0.2) is 0 Å². The van der Waals surface area contributed by atoms with Crippen molar-refractivity contribution < 1.29 is 9.00 Å². The highest BCUT2D eigenvalue weighted by Crippen LogP contribution is 2.39. The van der Waals surface area contributed by atoms with E-state index in [1.807, 2.05) is 13.8 Å². The Hall–Kier alpha value is -1.29. The monoisotopic (exact) mass is 387 g/mol. The minimum absolute atomic E-state index is 0.0582. The number of carbonyl (C=O) groups is 1. The van der Waals surface area contributed by atoms with Gasteiger partial charge in [-0.15, -0.1) is 0 Å². The topological polar surface area (TPSA) is 73.2 Å². The third-order valence-corrected chi connectivity index (χ3v) is 6.90. The summed E-state index contributed by atoms with van der Waals surface area (Å²) in [6.07, 6.45) is 0. The summed E-state index contributed by atoms with van der Waals surface area (Å²) in [5, 5.41) is 12.5. The largest absolute Gasteiger partial charge is 0.323 e. The van der Waals surface area contributed by atoms with Crippen LogP contribution in [-0.2, 0) is 10.8 Å². The lowest BCUT2D eigenvalue weighted by atomic mass is 10.0. The molecule has 5 nitrogen and oxygen atoms in total. The van der Waals surface area contributed by atoms with Gasteiger partial charge < -0.3 is 5.32 Å². The van der Waals surface area contributed by atoms with Gasteiger partial charge in [-0.3, -0.25) is 9.11 Å². The summed E-state index contributed by atoms with van der Waals surface area (Å²) in [5.74, 6) is -0.0582. The quantitative estimate of drug-likeness (QED) is 0.824. The average Bonchev–Trinajstić information content (AvgIpc) is 2.64. The molecule has 1 fully saturated rings. The first-order valence-electron chi connectivity index (χ1n) is 7.45. The molecule has 1 saturated heterocycles. The molecule has 1 heterocycles. The van der Waals surface area contributed by atoms with Crippen LogP contribution >= 0.6 is 23.2 Å². The molecule has 1 aliphatic rings. The lowest BCUT2D eigenvalue weighted by molar-refractivity contribution is 0.184. The Morgan fingerprint density at radius 3 is 2.33 bits per heavy atom. The summed E-state index contributed by atoms with van der Waals surface area (Å²) in [6, 6.07) is 5.54. The van der Waals surface area contributed by atoms with Crippen molar-refractivity contribution in [1.29, 1.82) is 5.26 Å². The van der Waals surface area contributed by atoms with E-state index in [-0.39, 0.29) is 5.92 Å². The van der Waals surface area contributed by atoms with Crippen molar-refractivity contribution in [2.75, 3.05) is 5.32 Å². The standard InChI is InChI=1S/C16H19Cl2N3O2S/c1-9(2)14-21(13(8-19)16(3,4)24(14)23)15(22)20-12-6-10(17)5-11(18)7-12/h5-7,9,13-14H,1-4H3,(H,20,22). The maximum Gasteiger partial charge on any atom is 0.323 e. The molecule has 1 aliphatic heterocycles. The van der Waals surface area contributed by atoms with E-state index in [0.29, 0.717) is 15.7 Å². The van der Waals surface area contributed by atoms with Crippen molar-refractivity contribution in [3.05, 3.63) is 28.2 Å². The van der Waals surface area contributed by atoms with Crippen LogP contribution in [0.25, 0.3) is 0 Å². The van der Waals surface area contributed by atoms with Gasteiger partial charge in [-0.1, -0.05) is 37.0 Å². The molecule has 0 bridgehead atoms. The van der Waals surface area contributed by atoms with Crippen LogP contribution in [0.5, 0.6) is 0 Å². The van der Waals surface area contributed by atoms with E-state index >= 15 is 0 Å². The number of nitriles is 1. The Morgan fingerprint density at radius 2 is 1.88 bits per heavy atom. The van der Waals surface area contributed by atoms with Crippen LogP contribution in [0.15, 0.2) is 18.2 Å². The van der Waals surface area contributed by atoms with Gasteiger partial charge in [0.2, 0.25) is 0 Å². The first-order valence-corrected chi connectivity index (χ1v) is 9.42. The molecular formula is C16H19Cl2N3O2S. The van der Waals surface area contributed by atoms with Crippen LogP contribution in [0, 0.1) is 17.2 Å². The predicted octanol–water partition coefficient (Wildman–Crippen LogP) is 4.24. The van der Waals surface area contributed by atoms with Crippen molar-refractivity contribution in [1.82, 2.24) is 4.90 Å². The molecule has 1 aromatic carbocycles. The zero-order chi connectivity index (χ0) is 18.2. The second-order valence-corrected chi connectivity index (χ2v) is 9.57. The van der Waals surface area contributed by atoms with Crippen LogP contribution in [0.2, 0.25) is 10.0 Å². The number of carbonyl (C=O) groups excluding carboxylic acids is 1. The van der Waals surface area contributed by atoms with Crippen LogP contribution < -0.4 is 5.32 Å². The molecule has 0 spiro atoms. The van der Waals surface area contributed by atoms with E-state index in [4.69, 9.17) is 23.2 Å². The lowest BCUT2D eigenvalue weighted by Crippen LogP contribution is -2.48. The third-order valence-electron chi connectivity index (χ3n) is 3.99. The summed E-state index contributed by atoms with van der Waals surface area (Å²) in [4.78, 5) is 14.2. The summed E-state index contributed by atoms with van der Waals surface area (Å²) in [6.45, 7) is 7.26. The van der Waals surface area contributed by atoms with E-state index < -0.39 is 33.0 Å². The van der Waals surface area contributed by atoms with Crippen LogP contribution in [-0.4, -0.2) is 31.3 Å². The molecule has 3 unspecified atom stereocenters. The highest BCUT2D eigenvalue weighted by Gasteiger charge is 2.56. The van der Waals surface area contributed by atoms with Gasteiger partial charge in [-0.25, -0.2) is 4.79 Å². The molecule has 24 heavy (non-hydrogen) atoms. The fourth-order valence-corrected chi connectivity index (χ4v) is 5.29. The number of nitrogens with zero attached hydrogens (tertiary/aromatic N) is 2. The van der Waals surface area contributed by atoms with Gasteiger partial charge in [0.1, 0.15) is 11.4 Å². The Morgan fingerprint density at radius 1 is 1.33 bits per heavy atom. The first-order chi connectivity index (χ1) is 11.1. The van der Waals surface area contributed by atoms with Gasteiger partial charge in [0.25, 0.3) is 0 Å². The van der Waals surface area contributed by atoms with Crippen molar-refractivity contribution in [3.8, 4) is 6.07 Å². The lowest BCUT2D eigenvalue weighted by Gasteiger charge is -2.29. The zero-order valence-electron chi connectivity index (χ0n) is 13.8. The first kappa shape index (κ1) is 19.0. The second kappa shape index (κ2) is 6.91. The molecule has 0 aliphatic carbocycles. The minimum Gasteiger partial charge on any atom is -0.308 e. The normalized spacial score (nSPS) is 25.6. The number of halogens is 2. The third kappa shape index (κ3) is 3.39. The van der Waals surface area contributed by atoms with E-state index in [1.54, 1.807) is 32.0 Å². The van der Waals surface area contributed by atoms with Crippen molar-refractivity contribution in [2.24, 2.45) is 5.92 Å². The SMILES string of the molecule is CC(C)C1N(C(=O)Nc2cc(Cl)cc(Cl)c2)C(C#N)C(C)(C)S1=O. The number of anilines is 1. The molecule has 130 valence electrons. The maximum atomic E-state index is 12.8. The molecule has 2 amide bonds. The molecule has 2 rings (SSSR count). The minimum atomic E-state index is -1.36. The average molecular weight is 388 g/mol.